The molecule has 0 saturated carbocycles. The van der Waals surface area contributed by atoms with Crippen LogP contribution in [0.25, 0.3) is 0 Å². The summed E-state index contributed by atoms with van der Waals surface area (Å²) >= 11 is 0. The van der Waals surface area contributed by atoms with Crippen LogP contribution in [-0.4, -0.2) is 12.4 Å². The molecular weight excluding hydrogens is 420 g/mol. The van der Waals surface area contributed by atoms with Gasteiger partial charge in [-0.3, -0.25) is 0 Å². The Morgan fingerprint density at radius 3 is 2.12 bits per heavy atom. The van der Waals surface area contributed by atoms with Crippen LogP contribution in [0.2, 0.25) is 0 Å². The Morgan fingerprint density at radius 1 is 0.794 bits per heavy atom. The molecule has 2 rings (SSSR count). The number of rotatable bonds is 19. The second-order valence-electron chi connectivity index (χ2n) is 9.13. The molecular formula is C30H42N2O2. The number of Topliss-reactive ketones (excluding diaryl/α,β-unsaturated/α-hetero) is 1. The van der Waals surface area contributed by atoms with Gasteiger partial charge in [-0.15, -0.1) is 10.2 Å². The fourth-order valence-corrected chi connectivity index (χ4v) is 3.80. The molecule has 0 aromatic heterocycles. The normalized spacial score (nSPS) is 12.8. The molecule has 0 bridgehead atoms. The molecule has 34 heavy (non-hydrogen) atoms. The van der Waals surface area contributed by atoms with Crippen molar-refractivity contribution in [2.24, 2.45) is 10.2 Å². The van der Waals surface area contributed by atoms with Crippen molar-refractivity contribution in [2.75, 3.05) is 6.61 Å². The third-order valence-electron chi connectivity index (χ3n) is 5.90. The van der Waals surface area contributed by atoms with Crippen molar-refractivity contribution in [3.05, 3.63) is 59.2 Å². The smallest absolute Gasteiger partial charge is 0.136 e. The fourth-order valence-electron chi connectivity index (χ4n) is 3.80. The fraction of sp³-hybridized carbons (Fsp3) is 0.567. The van der Waals surface area contributed by atoms with E-state index in [0.29, 0.717) is 11.5 Å². The Bertz CT molecular complexity index is 883. The van der Waals surface area contributed by atoms with Gasteiger partial charge in [-0.05, 0) is 74.8 Å². The standard InChI is InChI=1S/C30H42N2O2/c1-3-4-5-13-16-27-17-19-28(20-18-27)31-32-29-21-23-30(24-22-29)34-25-14-11-9-7-6-8-10-12-15-26(2)33/h17,19,21-24H,3-16,25H2,1-2H3. The van der Waals surface area contributed by atoms with E-state index in [1.807, 2.05) is 30.3 Å². The van der Waals surface area contributed by atoms with Crippen LogP contribution in [0.15, 0.2) is 69.4 Å². The Kier molecular flexibility index (Phi) is 14.4. The lowest BCUT2D eigenvalue weighted by atomic mass is 10.1. The van der Waals surface area contributed by atoms with Crippen molar-refractivity contribution in [2.45, 2.75) is 104 Å². The SMILES string of the molecule is CCCCCCC1=C=C=C(N=Nc2ccc(OCCCCCCCCCCC(C)=O)cc2)C=C1. The largest absolute Gasteiger partial charge is 0.494 e. The lowest BCUT2D eigenvalue weighted by Gasteiger charge is -2.06. The van der Waals surface area contributed by atoms with Gasteiger partial charge in [0.05, 0.1) is 12.3 Å². The van der Waals surface area contributed by atoms with E-state index in [-0.39, 0.29) is 0 Å². The van der Waals surface area contributed by atoms with Crippen LogP contribution in [0.3, 0.4) is 0 Å². The summed E-state index contributed by atoms with van der Waals surface area (Å²) in [7, 11) is 0. The van der Waals surface area contributed by atoms with Crippen LogP contribution >= 0.6 is 0 Å². The summed E-state index contributed by atoms with van der Waals surface area (Å²) in [5.74, 6) is 1.18. The average molecular weight is 463 g/mol. The molecule has 0 fully saturated rings. The minimum atomic E-state index is 0.311. The van der Waals surface area contributed by atoms with Crippen molar-refractivity contribution in [3.63, 3.8) is 0 Å². The van der Waals surface area contributed by atoms with Gasteiger partial charge < -0.3 is 9.53 Å². The predicted molar refractivity (Wildman–Crippen MR) is 141 cm³/mol. The van der Waals surface area contributed by atoms with Crippen LogP contribution in [0.5, 0.6) is 5.75 Å². The topological polar surface area (TPSA) is 51.0 Å². The maximum atomic E-state index is 10.9. The van der Waals surface area contributed by atoms with Gasteiger partial charge in [-0.25, -0.2) is 0 Å². The zero-order valence-corrected chi connectivity index (χ0v) is 21.3. The summed E-state index contributed by atoms with van der Waals surface area (Å²) in [6.45, 7) is 4.65. The van der Waals surface area contributed by atoms with Gasteiger partial charge in [0.15, 0.2) is 0 Å². The van der Waals surface area contributed by atoms with Gasteiger partial charge in [0, 0.05) is 12.0 Å². The minimum absolute atomic E-state index is 0.311. The molecule has 4 nitrogen and oxygen atoms in total. The van der Waals surface area contributed by atoms with Gasteiger partial charge >= 0.3 is 0 Å². The van der Waals surface area contributed by atoms with Crippen molar-refractivity contribution in [1.29, 1.82) is 0 Å². The summed E-state index contributed by atoms with van der Waals surface area (Å²) in [5, 5.41) is 8.58. The number of ketones is 1. The third-order valence-corrected chi connectivity index (χ3v) is 5.90. The van der Waals surface area contributed by atoms with E-state index >= 15 is 0 Å². The van der Waals surface area contributed by atoms with Crippen LogP contribution in [0, 0.1) is 0 Å². The molecule has 1 aliphatic carbocycles. The van der Waals surface area contributed by atoms with Crippen LogP contribution < -0.4 is 4.74 Å². The molecule has 1 aromatic carbocycles. The predicted octanol–water partition coefficient (Wildman–Crippen LogP) is 9.35. The second kappa shape index (κ2) is 17.8. The first-order chi connectivity index (χ1) is 16.7. The van der Waals surface area contributed by atoms with Crippen LogP contribution in [0.4, 0.5) is 5.69 Å². The second-order valence-corrected chi connectivity index (χ2v) is 9.13. The van der Waals surface area contributed by atoms with E-state index in [1.165, 1.54) is 69.8 Å². The van der Waals surface area contributed by atoms with E-state index < -0.39 is 0 Å². The summed E-state index contributed by atoms with van der Waals surface area (Å²) < 4.78 is 5.85. The lowest BCUT2D eigenvalue weighted by molar-refractivity contribution is -0.117. The molecule has 0 spiro atoms. The first-order valence-corrected chi connectivity index (χ1v) is 13.2. The molecule has 0 saturated heterocycles. The van der Waals surface area contributed by atoms with Crippen LogP contribution in [0.1, 0.15) is 104 Å². The maximum absolute atomic E-state index is 10.9. The van der Waals surface area contributed by atoms with Gasteiger partial charge in [0.2, 0.25) is 0 Å². The number of ether oxygens (including phenoxy) is 1. The van der Waals surface area contributed by atoms with E-state index in [1.54, 1.807) is 6.92 Å². The highest BCUT2D eigenvalue weighted by molar-refractivity contribution is 5.75. The number of carbonyl (C=O) groups is 1. The molecule has 0 N–H and O–H groups in total. The van der Waals surface area contributed by atoms with Gasteiger partial charge in [-0.2, -0.15) is 0 Å². The quantitative estimate of drug-likeness (QED) is 0.117. The zero-order chi connectivity index (χ0) is 24.3. The number of carbonyl (C=O) groups excluding carboxylic acids is 1. The van der Waals surface area contributed by atoms with Gasteiger partial charge in [-0.1, -0.05) is 70.4 Å². The Balaban J connectivity index is 1.58. The van der Waals surface area contributed by atoms with Crippen molar-refractivity contribution < 1.29 is 9.53 Å². The number of benzene rings is 1. The number of hydrogen-bond acceptors (Lipinski definition) is 4. The van der Waals surface area contributed by atoms with E-state index in [4.69, 9.17) is 4.74 Å². The van der Waals surface area contributed by atoms with Crippen molar-refractivity contribution in [3.8, 4) is 5.75 Å². The van der Waals surface area contributed by atoms with Gasteiger partial charge in [0.1, 0.15) is 17.2 Å². The maximum Gasteiger partial charge on any atom is 0.136 e. The molecule has 184 valence electrons. The number of hydrogen-bond donors (Lipinski definition) is 0. The Morgan fingerprint density at radius 2 is 1.47 bits per heavy atom. The molecule has 0 atom stereocenters. The molecule has 0 radical (unpaired) electrons. The van der Waals surface area contributed by atoms with Crippen molar-refractivity contribution in [1.82, 2.24) is 0 Å². The summed E-state index contributed by atoms with van der Waals surface area (Å²) in [6.07, 6.45) is 20.4. The summed E-state index contributed by atoms with van der Waals surface area (Å²) in [5.41, 5.74) is 9.00. The number of unbranched alkanes of at least 4 members (excludes halogenated alkanes) is 10. The number of nitrogens with zero attached hydrogens (tertiary/aromatic N) is 2. The van der Waals surface area contributed by atoms with E-state index in [0.717, 1.165) is 43.7 Å². The highest BCUT2D eigenvalue weighted by Gasteiger charge is 2.00. The zero-order valence-electron chi connectivity index (χ0n) is 21.3. The molecule has 0 unspecified atom stereocenters. The Labute approximate surface area is 206 Å². The van der Waals surface area contributed by atoms with E-state index in [9.17, 15) is 4.79 Å². The average Bonchev–Trinajstić information content (AvgIpc) is 2.85. The summed E-state index contributed by atoms with van der Waals surface area (Å²) in [4.78, 5) is 10.9. The number of azo groups is 1. The Hall–Kier alpha value is -2.67. The highest BCUT2D eigenvalue weighted by Crippen LogP contribution is 2.21. The molecule has 1 aliphatic rings. The summed E-state index contributed by atoms with van der Waals surface area (Å²) in [6, 6.07) is 7.75. The minimum Gasteiger partial charge on any atom is -0.494 e. The number of allylic oxidation sites excluding steroid dienone is 3. The van der Waals surface area contributed by atoms with E-state index in [2.05, 4.69) is 34.7 Å². The first kappa shape index (κ1) is 27.6. The third kappa shape index (κ3) is 13.1. The molecule has 0 amide bonds. The molecule has 0 heterocycles. The van der Waals surface area contributed by atoms with Crippen molar-refractivity contribution >= 4 is 11.5 Å². The first-order valence-electron chi connectivity index (χ1n) is 13.2. The van der Waals surface area contributed by atoms with Gasteiger partial charge in [0.25, 0.3) is 0 Å². The molecule has 4 heteroatoms. The molecule has 0 aliphatic heterocycles. The molecule has 1 aromatic rings. The van der Waals surface area contributed by atoms with Crippen LogP contribution in [-0.2, 0) is 4.79 Å². The monoisotopic (exact) mass is 462 g/mol. The lowest BCUT2D eigenvalue weighted by Crippen LogP contribution is -1.97. The highest BCUT2D eigenvalue weighted by atomic mass is 16.5.